The minimum absolute atomic E-state index is 0.0742. The Balaban J connectivity index is 2.86. The maximum Gasteiger partial charge on any atom is 0.326 e. The van der Waals surface area contributed by atoms with Gasteiger partial charge < -0.3 is 20.9 Å². The van der Waals surface area contributed by atoms with E-state index in [2.05, 4.69) is 21.2 Å². The summed E-state index contributed by atoms with van der Waals surface area (Å²) in [5.74, 6) is -2.16. The Hall–Kier alpha value is -2.09. The number of methoxy groups -OCH3 is 1. The number of benzene rings is 1. The Morgan fingerprint density at radius 1 is 1.43 bits per heavy atom. The number of carbonyl (C=O) groups excluding carboxylic acids is 2. The van der Waals surface area contributed by atoms with Crippen LogP contribution in [0.3, 0.4) is 0 Å². The average Bonchev–Trinajstić information content (AvgIpc) is 2.42. The number of hydrogen-bond acceptors (Lipinski definition) is 4. The summed E-state index contributed by atoms with van der Waals surface area (Å²) in [6, 6.07) is 3.54. The number of nitrogens with two attached hydrogens (primary N) is 1. The van der Waals surface area contributed by atoms with E-state index in [-0.39, 0.29) is 18.4 Å². The number of halogens is 1. The van der Waals surface area contributed by atoms with Gasteiger partial charge in [0.2, 0.25) is 5.91 Å². The first-order chi connectivity index (χ1) is 9.85. The van der Waals surface area contributed by atoms with Crippen LogP contribution in [0.1, 0.15) is 23.2 Å². The van der Waals surface area contributed by atoms with Crippen LogP contribution in [0, 0.1) is 0 Å². The second-order valence-corrected chi connectivity index (χ2v) is 5.13. The summed E-state index contributed by atoms with van der Waals surface area (Å²) in [4.78, 5) is 33.9. The van der Waals surface area contributed by atoms with Gasteiger partial charge in [0.25, 0.3) is 5.91 Å². The number of carboxylic acids is 1. The van der Waals surface area contributed by atoms with Gasteiger partial charge in [-0.3, -0.25) is 9.59 Å². The van der Waals surface area contributed by atoms with Gasteiger partial charge in [0.05, 0.1) is 12.7 Å². The van der Waals surface area contributed by atoms with Gasteiger partial charge in [-0.2, -0.15) is 0 Å². The highest BCUT2D eigenvalue weighted by Gasteiger charge is 2.22. The molecular formula is C13H15BrN2O5. The van der Waals surface area contributed by atoms with E-state index in [1.165, 1.54) is 13.2 Å². The molecule has 0 bridgehead atoms. The first kappa shape index (κ1) is 17.0. The van der Waals surface area contributed by atoms with Crippen LogP contribution in [0.2, 0.25) is 0 Å². The number of amides is 2. The van der Waals surface area contributed by atoms with Gasteiger partial charge in [0.1, 0.15) is 11.8 Å². The average molecular weight is 359 g/mol. The standard InChI is InChI=1S/C13H15BrN2O5/c1-21-10-6-7(14)2-3-8(10)12(18)16-9(13(19)20)4-5-11(15)17/h2-3,6,9H,4-5H2,1H3,(H2,15,17)(H,16,18)(H,19,20)/t9-/m1/s1. The van der Waals surface area contributed by atoms with Crippen LogP contribution in [0.25, 0.3) is 0 Å². The van der Waals surface area contributed by atoms with E-state index in [1.54, 1.807) is 12.1 Å². The molecule has 0 saturated heterocycles. The van der Waals surface area contributed by atoms with E-state index in [1.807, 2.05) is 0 Å². The van der Waals surface area contributed by atoms with Crippen molar-refractivity contribution in [2.75, 3.05) is 7.11 Å². The van der Waals surface area contributed by atoms with Crippen molar-refractivity contribution < 1.29 is 24.2 Å². The number of carbonyl (C=O) groups is 3. The van der Waals surface area contributed by atoms with Crippen LogP contribution in [-0.2, 0) is 9.59 Å². The zero-order valence-corrected chi connectivity index (χ0v) is 12.8. The van der Waals surface area contributed by atoms with E-state index in [0.29, 0.717) is 5.75 Å². The molecule has 4 N–H and O–H groups in total. The second-order valence-electron chi connectivity index (χ2n) is 4.21. The molecule has 0 aromatic heterocycles. The lowest BCUT2D eigenvalue weighted by molar-refractivity contribution is -0.139. The number of nitrogens with one attached hydrogen (secondary N) is 1. The largest absolute Gasteiger partial charge is 0.496 e. The number of primary amides is 1. The highest BCUT2D eigenvalue weighted by Crippen LogP contribution is 2.23. The Labute approximate surface area is 129 Å². The summed E-state index contributed by atoms with van der Waals surface area (Å²) < 4.78 is 5.80. The second kappa shape index (κ2) is 7.63. The van der Waals surface area contributed by atoms with Crippen LogP contribution >= 0.6 is 15.9 Å². The summed E-state index contributed by atoms with van der Waals surface area (Å²) >= 11 is 3.24. The van der Waals surface area contributed by atoms with Crippen LogP contribution < -0.4 is 15.8 Å². The molecule has 21 heavy (non-hydrogen) atoms. The predicted octanol–water partition coefficient (Wildman–Crippen LogP) is 0.906. The van der Waals surface area contributed by atoms with Crippen LogP contribution in [0.4, 0.5) is 0 Å². The quantitative estimate of drug-likeness (QED) is 0.669. The summed E-state index contributed by atoms with van der Waals surface area (Å²) in [5, 5.41) is 11.4. The molecule has 0 heterocycles. The van der Waals surface area contributed by atoms with Crippen molar-refractivity contribution in [3.63, 3.8) is 0 Å². The lowest BCUT2D eigenvalue weighted by atomic mass is 10.1. The van der Waals surface area contributed by atoms with Crippen LogP contribution in [-0.4, -0.2) is 36.0 Å². The molecule has 8 heteroatoms. The fourth-order valence-electron chi connectivity index (χ4n) is 1.63. The van der Waals surface area contributed by atoms with E-state index in [4.69, 9.17) is 15.6 Å². The van der Waals surface area contributed by atoms with Gasteiger partial charge in [-0.05, 0) is 24.6 Å². The van der Waals surface area contributed by atoms with Crippen molar-refractivity contribution in [3.05, 3.63) is 28.2 Å². The van der Waals surface area contributed by atoms with E-state index >= 15 is 0 Å². The number of carboxylic acid groups (broad SMARTS) is 1. The number of hydrogen-bond donors (Lipinski definition) is 3. The van der Waals surface area contributed by atoms with Crippen molar-refractivity contribution in [2.45, 2.75) is 18.9 Å². The summed E-state index contributed by atoms with van der Waals surface area (Å²) in [7, 11) is 1.40. The summed E-state index contributed by atoms with van der Waals surface area (Å²) in [6.07, 6.45) is -0.204. The number of aliphatic carboxylic acids is 1. The molecule has 0 saturated carbocycles. The van der Waals surface area contributed by atoms with E-state index < -0.39 is 23.8 Å². The van der Waals surface area contributed by atoms with Crippen molar-refractivity contribution in [1.29, 1.82) is 0 Å². The third kappa shape index (κ3) is 5.07. The molecule has 1 aromatic rings. The maximum atomic E-state index is 12.1. The van der Waals surface area contributed by atoms with Crippen molar-refractivity contribution in [2.24, 2.45) is 5.73 Å². The topological polar surface area (TPSA) is 119 Å². The molecule has 1 atom stereocenters. The lowest BCUT2D eigenvalue weighted by Crippen LogP contribution is -2.41. The first-order valence-electron chi connectivity index (χ1n) is 6.00. The van der Waals surface area contributed by atoms with Crippen LogP contribution in [0.15, 0.2) is 22.7 Å². The monoisotopic (exact) mass is 358 g/mol. The van der Waals surface area contributed by atoms with E-state index in [9.17, 15) is 14.4 Å². The summed E-state index contributed by atoms with van der Waals surface area (Å²) in [6.45, 7) is 0. The zero-order valence-electron chi connectivity index (χ0n) is 11.3. The van der Waals surface area contributed by atoms with Gasteiger partial charge in [-0.1, -0.05) is 15.9 Å². The molecule has 0 fully saturated rings. The molecule has 1 rings (SSSR count). The molecule has 0 spiro atoms. The minimum Gasteiger partial charge on any atom is -0.496 e. The Morgan fingerprint density at radius 2 is 2.10 bits per heavy atom. The molecule has 0 aliphatic heterocycles. The van der Waals surface area contributed by atoms with Gasteiger partial charge >= 0.3 is 5.97 Å². The first-order valence-corrected chi connectivity index (χ1v) is 6.80. The number of rotatable bonds is 7. The van der Waals surface area contributed by atoms with Gasteiger partial charge in [-0.15, -0.1) is 0 Å². The highest BCUT2D eigenvalue weighted by molar-refractivity contribution is 9.10. The van der Waals surface area contributed by atoms with Crippen molar-refractivity contribution in [3.8, 4) is 5.75 Å². The molecule has 0 aliphatic carbocycles. The molecule has 7 nitrogen and oxygen atoms in total. The fourth-order valence-corrected chi connectivity index (χ4v) is 1.97. The van der Waals surface area contributed by atoms with E-state index in [0.717, 1.165) is 4.47 Å². The molecular weight excluding hydrogens is 344 g/mol. The minimum atomic E-state index is -1.24. The fraction of sp³-hybridized carbons (Fsp3) is 0.308. The zero-order chi connectivity index (χ0) is 16.0. The summed E-state index contributed by atoms with van der Waals surface area (Å²) in [5.41, 5.74) is 5.18. The van der Waals surface area contributed by atoms with Gasteiger partial charge in [0, 0.05) is 10.9 Å². The number of ether oxygens (including phenoxy) is 1. The van der Waals surface area contributed by atoms with Gasteiger partial charge in [0.15, 0.2) is 0 Å². The molecule has 0 unspecified atom stereocenters. The lowest BCUT2D eigenvalue weighted by Gasteiger charge is -2.15. The molecule has 114 valence electrons. The molecule has 2 amide bonds. The highest BCUT2D eigenvalue weighted by atomic mass is 79.9. The SMILES string of the molecule is COc1cc(Br)ccc1C(=O)N[C@H](CCC(N)=O)C(=O)O. The van der Waals surface area contributed by atoms with Crippen molar-refractivity contribution >= 4 is 33.7 Å². The normalized spacial score (nSPS) is 11.5. The predicted molar refractivity (Wildman–Crippen MR) is 78.0 cm³/mol. The third-order valence-electron chi connectivity index (χ3n) is 2.69. The maximum absolute atomic E-state index is 12.1. The molecule has 0 radical (unpaired) electrons. The Bertz CT molecular complexity index is 561. The smallest absolute Gasteiger partial charge is 0.326 e. The van der Waals surface area contributed by atoms with Gasteiger partial charge in [-0.25, -0.2) is 4.79 Å². The third-order valence-corrected chi connectivity index (χ3v) is 3.18. The molecule has 1 aromatic carbocycles. The Kier molecular flexibility index (Phi) is 6.16. The molecule has 0 aliphatic rings. The van der Waals surface area contributed by atoms with Crippen LogP contribution in [0.5, 0.6) is 5.75 Å². The van der Waals surface area contributed by atoms with Crippen molar-refractivity contribution in [1.82, 2.24) is 5.32 Å². The Morgan fingerprint density at radius 3 is 2.62 bits per heavy atom.